The van der Waals surface area contributed by atoms with Crippen molar-refractivity contribution < 1.29 is 0 Å². The Labute approximate surface area is 86.1 Å². The third-order valence-electron chi connectivity index (χ3n) is 2.51. The molecule has 0 saturated carbocycles. The van der Waals surface area contributed by atoms with Gasteiger partial charge in [0.1, 0.15) is 11.5 Å². The summed E-state index contributed by atoms with van der Waals surface area (Å²) in [7, 11) is 4.86. The van der Waals surface area contributed by atoms with Crippen LogP contribution in [0.25, 0.3) is 0 Å². The molecule has 80 valence electrons. The van der Waals surface area contributed by atoms with Gasteiger partial charge in [-0.1, -0.05) is 0 Å². The summed E-state index contributed by atoms with van der Waals surface area (Å²) in [5.74, 6) is 0.521. The van der Waals surface area contributed by atoms with Crippen LogP contribution in [-0.4, -0.2) is 16.2 Å². The standard InChI is InChI=1S/C9H12N4O2/c1-11-5-4-10-7-6(11)8(14)13(3)9(15)12(7)2/h4-5,10H,1-3H3. The molecule has 0 fully saturated rings. The minimum atomic E-state index is -0.338. The molecule has 0 aromatic carbocycles. The molecule has 0 amide bonds. The Morgan fingerprint density at radius 1 is 1.13 bits per heavy atom. The molecule has 6 nitrogen and oxygen atoms in total. The normalized spacial score (nSPS) is 13.7. The molecule has 2 heterocycles. The van der Waals surface area contributed by atoms with E-state index in [0.717, 1.165) is 4.57 Å². The highest BCUT2D eigenvalue weighted by molar-refractivity contribution is 5.69. The topological polar surface area (TPSA) is 59.3 Å². The average molecular weight is 208 g/mol. The second-order valence-electron chi connectivity index (χ2n) is 3.47. The van der Waals surface area contributed by atoms with Crippen LogP contribution in [-0.2, 0) is 14.1 Å². The van der Waals surface area contributed by atoms with Gasteiger partial charge in [0.05, 0.1) is 0 Å². The quantitative estimate of drug-likeness (QED) is 0.619. The first-order chi connectivity index (χ1) is 7.04. The van der Waals surface area contributed by atoms with Gasteiger partial charge in [0.25, 0.3) is 5.56 Å². The summed E-state index contributed by atoms with van der Waals surface area (Å²) in [6.45, 7) is 0. The van der Waals surface area contributed by atoms with Crippen LogP contribution in [0.2, 0.25) is 0 Å². The number of anilines is 2. The molecule has 1 aromatic rings. The van der Waals surface area contributed by atoms with E-state index in [9.17, 15) is 9.59 Å². The van der Waals surface area contributed by atoms with Gasteiger partial charge in [0, 0.05) is 33.5 Å². The number of hydrogen-bond acceptors (Lipinski definition) is 4. The molecule has 1 aliphatic rings. The molecule has 15 heavy (non-hydrogen) atoms. The molecule has 0 atom stereocenters. The fourth-order valence-electron chi connectivity index (χ4n) is 1.61. The van der Waals surface area contributed by atoms with E-state index in [4.69, 9.17) is 0 Å². The number of rotatable bonds is 0. The molecular formula is C9H12N4O2. The highest BCUT2D eigenvalue weighted by atomic mass is 16.2. The van der Waals surface area contributed by atoms with E-state index in [1.54, 1.807) is 31.4 Å². The zero-order valence-corrected chi connectivity index (χ0v) is 8.81. The van der Waals surface area contributed by atoms with Crippen molar-refractivity contribution in [3.8, 4) is 0 Å². The lowest BCUT2D eigenvalue weighted by atomic mass is 10.3. The maximum Gasteiger partial charge on any atom is 0.332 e. The summed E-state index contributed by atoms with van der Waals surface area (Å²) in [6.07, 6.45) is 3.41. The van der Waals surface area contributed by atoms with E-state index in [1.165, 1.54) is 11.6 Å². The Morgan fingerprint density at radius 2 is 1.80 bits per heavy atom. The maximum absolute atomic E-state index is 11.8. The van der Waals surface area contributed by atoms with Gasteiger partial charge in [-0.2, -0.15) is 0 Å². The summed E-state index contributed by atoms with van der Waals surface area (Å²) < 4.78 is 2.51. The first kappa shape index (κ1) is 9.57. The summed E-state index contributed by atoms with van der Waals surface area (Å²) in [5, 5.41) is 2.90. The van der Waals surface area contributed by atoms with E-state index in [1.807, 2.05) is 0 Å². The Bertz CT molecular complexity index is 552. The number of fused-ring (bicyclic) bond motifs is 1. The van der Waals surface area contributed by atoms with Gasteiger partial charge in [-0.25, -0.2) is 4.79 Å². The predicted molar refractivity (Wildman–Crippen MR) is 58.1 cm³/mol. The minimum Gasteiger partial charge on any atom is -0.345 e. The Balaban J connectivity index is 2.91. The van der Waals surface area contributed by atoms with Crippen molar-refractivity contribution in [2.45, 2.75) is 0 Å². The van der Waals surface area contributed by atoms with Crippen LogP contribution in [0, 0.1) is 0 Å². The van der Waals surface area contributed by atoms with Crippen molar-refractivity contribution >= 4 is 11.5 Å². The van der Waals surface area contributed by atoms with Crippen LogP contribution in [0.5, 0.6) is 0 Å². The largest absolute Gasteiger partial charge is 0.345 e. The highest BCUT2D eigenvalue weighted by Crippen LogP contribution is 2.21. The molecular weight excluding hydrogens is 196 g/mol. The summed E-state index contributed by atoms with van der Waals surface area (Å²) in [5.41, 5.74) is -0.162. The van der Waals surface area contributed by atoms with E-state index in [-0.39, 0.29) is 11.2 Å². The number of nitrogens with zero attached hydrogens (tertiary/aromatic N) is 3. The van der Waals surface area contributed by atoms with E-state index in [0.29, 0.717) is 11.5 Å². The molecule has 6 heteroatoms. The van der Waals surface area contributed by atoms with Gasteiger partial charge in [-0.3, -0.25) is 13.9 Å². The Hall–Kier alpha value is -1.98. The monoisotopic (exact) mass is 208 g/mol. The van der Waals surface area contributed by atoms with Crippen molar-refractivity contribution in [2.24, 2.45) is 14.1 Å². The molecule has 0 bridgehead atoms. The fourth-order valence-corrected chi connectivity index (χ4v) is 1.61. The van der Waals surface area contributed by atoms with Crippen molar-refractivity contribution in [3.05, 3.63) is 33.2 Å². The van der Waals surface area contributed by atoms with Gasteiger partial charge < -0.3 is 10.2 Å². The van der Waals surface area contributed by atoms with Crippen LogP contribution in [0.3, 0.4) is 0 Å². The first-order valence-corrected chi connectivity index (χ1v) is 4.50. The fraction of sp³-hybridized carbons (Fsp3) is 0.333. The van der Waals surface area contributed by atoms with E-state index < -0.39 is 0 Å². The lowest BCUT2D eigenvalue weighted by Gasteiger charge is -2.24. The van der Waals surface area contributed by atoms with Gasteiger partial charge in [0.2, 0.25) is 0 Å². The molecule has 0 unspecified atom stereocenters. The first-order valence-electron chi connectivity index (χ1n) is 4.50. The molecule has 1 aromatic heterocycles. The smallest absolute Gasteiger partial charge is 0.332 e. The SMILES string of the molecule is CN1C=CNc2c1c(=O)n(C)c(=O)n2C. The summed E-state index contributed by atoms with van der Waals surface area (Å²) >= 11 is 0. The summed E-state index contributed by atoms with van der Waals surface area (Å²) in [4.78, 5) is 25.1. The molecule has 0 aliphatic carbocycles. The zero-order valence-electron chi connectivity index (χ0n) is 8.81. The minimum absolute atomic E-state index is 0.299. The number of aromatic nitrogens is 2. The molecule has 0 radical (unpaired) electrons. The van der Waals surface area contributed by atoms with Crippen molar-refractivity contribution in [3.63, 3.8) is 0 Å². The Kier molecular flexibility index (Phi) is 1.92. The van der Waals surface area contributed by atoms with Crippen molar-refractivity contribution in [1.29, 1.82) is 0 Å². The van der Waals surface area contributed by atoms with Gasteiger partial charge in [-0.05, 0) is 0 Å². The third kappa shape index (κ3) is 1.18. The van der Waals surface area contributed by atoms with Crippen molar-refractivity contribution in [2.75, 3.05) is 17.3 Å². The number of nitrogens with one attached hydrogen (secondary N) is 1. The van der Waals surface area contributed by atoms with Crippen LogP contribution in [0.15, 0.2) is 22.0 Å². The molecule has 1 N–H and O–H groups in total. The second-order valence-corrected chi connectivity index (χ2v) is 3.47. The Morgan fingerprint density at radius 3 is 2.47 bits per heavy atom. The molecule has 0 spiro atoms. The maximum atomic E-state index is 11.8. The highest BCUT2D eigenvalue weighted by Gasteiger charge is 2.19. The van der Waals surface area contributed by atoms with Gasteiger partial charge in [-0.15, -0.1) is 0 Å². The molecule has 0 saturated heterocycles. The number of hydrogen-bond donors (Lipinski definition) is 1. The molecule has 2 rings (SSSR count). The van der Waals surface area contributed by atoms with E-state index >= 15 is 0 Å². The summed E-state index contributed by atoms with van der Waals surface area (Å²) in [6, 6.07) is 0. The second kappa shape index (κ2) is 3.01. The van der Waals surface area contributed by atoms with Crippen LogP contribution in [0.1, 0.15) is 0 Å². The van der Waals surface area contributed by atoms with Gasteiger partial charge >= 0.3 is 5.69 Å². The van der Waals surface area contributed by atoms with Gasteiger partial charge in [0.15, 0.2) is 0 Å². The third-order valence-corrected chi connectivity index (χ3v) is 2.51. The average Bonchev–Trinajstić information content (AvgIpc) is 2.23. The zero-order chi connectivity index (χ0) is 11.2. The van der Waals surface area contributed by atoms with Crippen LogP contribution < -0.4 is 21.5 Å². The predicted octanol–water partition coefficient (Wildman–Crippen LogP) is -0.583. The van der Waals surface area contributed by atoms with Crippen molar-refractivity contribution in [1.82, 2.24) is 9.13 Å². The van der Waals surface area contributed by atoms with Crippen LogP contribution in [0.4, 0.5) is 11.5 Å². The lowest BCUT2D eigenvalue weighted by Crippen LogP contribution is -2.41. The lowest BCUT2D eigenvalue weighted by molar-refractivity contribution is 0.689. The molecule has 1 aliphatic heterocycles. The van der Waals surface area contributed by atoms with E-state index in [2.05, 4.69) is 5.32 Å². The van der Waals surface area contributed by atoms with Crippen LogP contribution >= 0.6 is 0 Å².